The van der Waals surface area contributed by atoms with Crippen LogP contribution in [0, 0.1) is 5.41 Å². The summed E-state index contributed by atoms with van der Waals surface area (Å²) in [6, 6.07) is 7.39. The van der Waals surface area contributed by atoms with Crippen molar-refractivity contribution in [2.45, 2.75) is 40.2 Å². The highest BCUT2D eigenvalue weighted by Gasteiger charge is 2.33. The zero-order chi connectivity index (χ0) is 16.4. The van der Waals surface area contributed by atoms with Crippen molar-refractivity contribution in [1.29, 1.82) is 0 Å². The van der Waals surface area contributed by atoms with Gasteiger partial charge in [0.25, 0.3) is 0 Å². The molecule has 0 aromatic heterocycles. The number of nitrogens with one attached hydrogen (secondary N) is 1. The molecule has 120 valence electrons. The van der Waals surface area contributed by atoms with E-state index in [4.69, 9.17) is 14.0 Å². The van der Waals surface area contributed by atoms with E-state index in [1.165, 1.54) is 0 Å². The maximum absolute atomic E-state index is 11.7. The van der Waals surface area contributed by atoms with Gasteiger partial charge in [0, 0.05) is 24.3 Å². The van der Waals surface area contributed by atoms with E-state index in [0.717, 1.165) is 5.46 Å². The Bertz CT molecular complexity index is 512. The van der Waals surface area contributed by atoms with Crippen LogP contribution in [0.5, 0.6) is 0 Å². The molecule has 0 radical (unpaired) electrons. The Hall–Kier alpha value is -1.53. The van der Waals surface area contributed by atoms with E-state index in [9.17, 15) is 4.79 Å². The molecule has 0 spiro atoms. The van der Waals surface area contributed by atoms with Crippen molar-refractivity contribution in [3.8, 4) is 0 Å². The zero-order valence-electron chi connectivity index (χ0n) is 13.9. The molecule has 0 aliphatic carbocycles. The van der Waals surface area contributed by atoms with Crippen molar-refractivity contribution >= 4 is 24.4 Å². The molecule has 1 aromatic rings. The SMILES string of the molecule is CC1(C)COB(c2ccc(NC(=O)OC(C)(C)C)cc2)OC1. The number of ether oxygens (including phenoxy) is 1. The van der Waals surface area contributed by atoms with Crippen LogP contribution in [0.15, 0.2) is 24.3 Å². The van der Waals surface area contributed by atoms with E-state index >= 15 is 0 Å². The minimum atomic E-state index is -0.513. The first-order valence-corrected chi connectivity index (χ1v) is 7.48. The maximum Gasteiger partial charge on any atom is 0.493 e. The van der Waals surface area contributed by atoms with Gasteiger partial charge < -0.3 is 14.0 Å². The lowest BCUT2D eigenvalue weighted by atomic mass is 9.76. The van der Waals surface area contributed by atoms with Crippen LogP contribution in [0.4, 0.5) is 10.5 Å². The van der Waals surface area contributed by atoms with Crippen LogP contribution in [0.25, 0.3) is 0 Å². The Morgan fingerprint density at radius 2 is 1.73 bits per heavy atom. The molecule has 0 bridgehead atoms. The van der Waals surface area contributed by atoms with E-state index in [2.05, 4.69) is 19.2 Å². The summed E-state index contributed by atoms with van der Waals surface area (Å²) >= 11 is 0. The van der Waals surface area contributed by atoms with Crippen molar-refractivity contribution in [3.05, 3.63) is 24.3 Å². The highest BCUT2D eigenvalue weighted by Crippen LogP contribution is 2.21. The molecule has 1 heterocycles. The quantitative estimate of drug-likeness (QED) is 0.854. The van der Waals surface area contributed by atoms with Gasteiger partial charge in [0.15, 0.2) is 0 Å². The van der Waals surface area contributed by atoms with Crippen molar-refractivity contribution in [2.24, 2.45) is 5.41 Å². The molecule has 1 saturated heterocycles. The van der Waals surface area contributed by atoms with E-state index in [0.29, 0.717) is 18.9 Å². The van der Waals surface area contributed by atoms with Gasteiger partial charge in [0.05, 0.1) is 0 Å². The molecule has 22 heavy (non-hydrogen) atoms. The Kier molecular flexibility index (Phi) is 4.82. The van der Waals surface area contributed by atoms with Gasteiger partial charge in [-0.2, -0.15) is 0 Å². The number of benzene rings is 1. The van der Waals surface area contributed by atoms with Crippen LogP contribution >= 0.6 is 0 Å². The summed E-state index contributed by atoms with van der Waals surface area (Å²) in [4.78, 5) is 11.7. The van der Waals surface area contributed by atoms with Crippen LogP contribution < -0.4 is 10.8 Å². The molecular weight excluding hydrogens is 281 g/mol. The number of anilines is 1. The fraction of sp³-hybridized carbons (Fsp3) is 0.562. The standard InChI is InChI=1S/C16H24BNO4/c1-15(2,3)22-14(19)18-13-8-6-12(7-9-13)17-20-10-16(4,5)11-21-17/h6-9H,10-11H2,1-5H3,(H,18,19). The van der Waals surface area contributed by atoms with Gasteiger partial charge in [-0.05, 0) is 38.4 Å². The van der Waals surface area contributed by atoms with Crippen molar-refractivity contribution < 1.29 is 18.8 Å². The number of carbonyl (C=O) groups is 1. The highest BCUT2D eigenvalue weighted by atomic mass is 16.6. The second kappa shape index (κ2) is 6.30. The van der Waals surface area contributed by atoms with Gasteiger partial charge in [-0.3, -0.25) is 5.32 Å². The lowest BCUT2D eigenvalue weighted by molar-refractivity contribution is 0.0343. The summed E-state index contributed by atoms with van der Waals surface area (Å²) in [5.74, 6) is 0. The third-order valence-corrected chi connectivity index (χ3v) is 3.08. The van der Waals surface area contributed by atoms with Crippen LogP contribution in [-0.4, -0.2) is 32.0 Å². The summed E-state index contributed by atoms with van der Waals surface area (Å²) in [7, 11) is -0.344. The molecule has 1 amide bonds. The minimum absolute atomic E-state index is 0.0503. The lowest BCUT2D eigenvalue weighted by Crippen LogP contribution is -2.47. The number of rotatable bonds is 2. The average Bonchev–Trinajstić information content (AvgIpc) is 2.37. The first-order chi connectivity index (χ1) is 10.1. The minimum Gasteiger partial charge on any atom is -0.444 e. The van der Waals surface area contributed by atoms with E-state index < -0.39 is 11.7 Å². The van der Waals surface area contributed by atoms with Crippen molar-refractivity contribution in [2.75, 3.05) is 18.5 Å². The second-order valence-corrected chi connectivity index (χ2v) is 7.37. The molecule has 5 nitrogen and oxygen atoms in total. The predicted octanol–water partition coefficient (Wildman–Crippen LogP) is 2.80. The molecule has 1 aliphatic rings. The monoisotopic (exact) mass is 305 g/mol. The Labute approximate surface area is 132 Å². The molecule has 1 fully saturated rings. The Morgan fingerprint density at radius 1 is 1.18 bits per heavy atom. The Morgan fingerprint density at radius 3 is 2.23 bits per heavy atom. The first kappa shape index (κ1) is 16.8. The summed E-state index contributed by atoms with van der Waals surface area (Å²) in [6.45, 7) is 11.0. The summed E-state index contributed by atoms with van der Waals surface area (Å²) in [6.07, 6.45) is -0.466. The first-order valence-electron chi connectivity index (χ1n) is 7.48. The Balaban J connectivity index is 1.92. The van der Waals surface area contributed by atoms with Gasteiger partial charge in [-0.25, -0.2) is 4.79 Å². The smallest absolute Gasteiger partial charge is 0.444 e. The van der Waals surface area contributed by atoms with Gasteiger partial charge in [0.1, 0.15) is 5.60 Å². The molecule has 6 heteroatoms. The largest absolute Gasteiger partial charge is 0.493 e. The average molecular weight is 305 g/mol. The van der Waals surface area contributed by atoms with Crippen molar-refractivity contribution in [1.82, 2.24) is 0 Å². The zero-order valence-corrected chi connectivity index (χ0v) is 13.9. The molecule has 0 saturated carbocycles. The lowest BCUT2D eigenvalue weighted by Gasteiger charge is -2.33. The van der Waals surface area contributed by atoms with E-state index in [-0.39, 0.29) is 12.5 Å². The fourth-order valence-corrected chi connectivity index (χ4v) is 2.03. The number of amides is 1. The third kappa shape index (κ3) is 5.03. The van der Waals surface area contributed by atoms with Gasteiger partial charge in [-0.1, -0.05) is 26.0 Å². The van der Waals surface area contributed by atoms with Gasteiger partial charge in [-0.15, -0.1) is 0 Å². The van der Waals surface area contributed by atoms with Gasteiger partial charge in [0.2, 0.25) is 0 Å². The highest BCUT2D eigenvalue weighted by molar-refractivity contribution is 6.61. The van der Waals surface area contributed by atoms with Crippen LogP contribution in [0.3, 0.4) is 0 Å². The molecule has 0 atom stereocenters. The maximum atomic E-state index is 11.7. The molecule has 0 unspecified atom stereocenters. The van der Waals surface area contributed by atoms with Crippen LogP contribution in [0.2, 0.25) is 0 Å². The normalized spacial score (nSPS) is 18.0. The molecule has 2 rings (SSSR count). The van der Waals surface area contributed by atoms with Crippen molar-refractivity contribution in [3.63, 3.8) is 0 Å². The fourth-order valence-electron chi connectivity index (χ4n) is 2.03. The van der Waals surface area contributed by atoms with E-state index in [1.807, 2.05) is 45.0 Å². The number of hydrogen-bond acceptors (Lipinski definition) is 4. The number of carbonyl (C=O) groups excluding carboxylic acids is 1. The van der Waals surface area contributed by atoms with Crippen LogP contribution in [-0.2, 0) is 14.0 Å². The summed E-state index contributed by atoms with van der Waals surface area (Å²) in [5.41, 5.74) is 1.15. The topological polar surface area (TPSA) is 56.8 Å². The molecule has 1 N–H and O–H groups in total. The molecule has 1 aromatic carbocycles. The predicted molar refractivity (Wildman–Crippen MR) is 87.4 cm³/mol. The molecule has 1 aliphatic heterocycles. The number of hydrogen-bond donors (Lipinski definition) is 1. The summed E-state index contributed by atoms with van der Waals surface area (Å²) < 4.78 is 16.7. The van der Waals surface area contributed by atoms with Gasteiger partial charge >= 0.3 is 13.2 Å². The third-order valence-electron chi connectivity index (χ3n) is 3.08. The molecular formula is C16H24BNO4. The summed E-state index contributed by atoms with van der Waals surface area (Å²) in [5, 5.41) is 2.70. The van der Waals surface area contributed by atoms with Crippen LogP contribution in [0.1, 0.15) is 34.6 Å². The second-order valence-electron chi connectivity index (χ2n) is 7.37. The van der Waals surface area contributed by atoms with E-state index in [1.54, 1.807) is 0 Å².